The fourth-order valence-electron chi connectivity index (χ4n) is 5.66. The SMILES string of the molecule is Cc1nc2ccccc2n1CCC(=O)N1CCC2(CC1)C[C@@](C)(O)[C@H](n1cc(F)c(=O)[nH]c1=O)CO2. The van der Waals surface area contributed by atoms with E-state index in [1.54, 1.807) is 6.92 Å². The van der Waals surface area contributed by atoms with Crippen molar-refractivity contribution < 1.29 is 19.0 Å². The number of nitrogens with one attached hydrogen (secondary N) is 1. The van der Waals surface area contributed by atoms with Crippen LogP contribution >= 0.6 is 0 Å². The minimum Gasteiger partial charge on any atom is -0.388 e. The van der Waals surface area contributed by atoms with Gasteiger partial charge in [0, 0.05) is 32.5 Å². The zero-order chi connectivity index (χ0) is 25.7. The van der Waals surface area contributed by atoms with Crippen molar-refractivity contribution in [3.63, 3.8) is 0 Å². The molecule has 1 amide bonds. The number of benzene rings is 1. The maximum Gasteiger partial charge on any atom is 0.328 e. The largest absolute Gasteiger partial charge is 0.388 e. The summed E-state index contributed by atoms with van der Waals surface area (Å²) in [5, 5.41) is 11.2. The van der Waals surface area contributed by atoms with E-state index in [1.807, 2.05) is 41.1 Å². The van der Waals surface area contributed by atoms with Crippen LogP contribution in [-0.4, -0.2) is 65.9 Å². The molecule has 10 nitrogen and oxygen atoms in total. The second kappa shape index (κ2) is 8.97. The van der Waals surface area contributed by atoms with E-state index in [1.165, 1.54) is 0 Å². The number of carbonyl (C=O) groups excluding carboxylic acids is 1. The highest BCUT2D eigenvalue weighted by molar-refractivity contribution is 5.78. The lowest BCUT2D eigenvalue weighted by Gasteiger charge is -2.51. The first-order valence-corrected chi connectivity index (χ1v) is 12.2. The second-order valence-electron chi connectivity index (χ2n) is 10.1. The van der Waals surface area contributed by atoms with Crippen LogP contribution in [0.1, 0.15) is 44.5 Å². The van der Waals surface area contributed by atoms with E-state index >= 15 is 0 Å². The lowest BCUT2D eigenvalue weighted by Crippen LogP contribution is -2.59. The van der Waals surface area contributed by atoms with Gasteiger partial charge in [-0.3, -0.25) is 19.1 Å². The Bertz CT molecular complexity index is 1420. The van der Waals surface area contributed by atoms with Crippen molar-refractivity contribution in [3.8, 4) is 0 Å². The van der Waals surface area contributed by atoms with Crippen LogP contribution < -0.4 is 11.2 Å². The third-order valence-electron chi connectivity index (χ3n) is 7.63. The zero-order valence-electron chi connectivity index (χ0n) is 20.4. The number of rotatable bonds is 4. The topological polar surface area (TPSA) is 122 Å². The van der Waals surface area contributed by atoms with Crippen molar-refractivity contribution in [1.82, 2.24) is 24.0 Å². The number of carbonyl (C=O) groups is 1. The van der Waals surface area contributed by atoms with Gasteiger partial charge in [-0.05, 0) is 38.8 Å². The number of aryl methyl sites for hydroxylation is 2. The van der Waals surface area contributed by atoms with Crippen LogP contribution in [0, 0.1) is 12.7 Å². The number of aliphatic hydroxyl groups is 1. The number of aromatic amines is 1. The molecule has 1 spiro atoms. The Kier molecular flexibility index (Phi) is 6.08. The monoisotopic (exact) mass is 499 g/mol. The molecule has 2 N–H and O–H groups in total. The van der Waals surface area contributed by atoms with Gasteiger partial charge in [-0.1, -0.05) is 12.1 Å². The number of ether oxygens (including phenoxy) is 1. The number of H-pyrrole nitrogens is 1. The molecule has 3 aromatic rings. The number of hydrogen-bond donors (Lipinski definition) is 2. The highest BCUT2D eigenvalue weighted by Gasteiger charge is 2.50. The maximum absolute atomic E-state index is 13.8. The molecule has 36 heavy (non-hydrogen) atoms. The molecule has 2 aromatic heterocycles. The smallest absolute Gasteiger partial charge is 0.328 e. The summed E-state index contributed by atoms with van der Waals surface area (Å²) < 4.78 is 23.0. The molecule has 0 aliphatic carbocycles. The highest BCUT2D eigenvalue weighted by atomic mass is 19.1. The summed E-state index contributed by atoms with van der Waals surface area (Å²) in [6.45, 7) is 5.05. The maximum atomic E-state index is 13.8. The van der Waals surface area contributed by atoms with Gasteiger partial charge in [-0.15, -0.1) is 0 Å². The van der Waals surface area contributed by atoms with Crippen LogP contribution in [0.25, 0.3) is 11.0 Å². The first kappa shape index (κ1) is 24.4. The zero-order valence-corrected chi connectivity index (χ0v) is 20.4. The normalized spacial score (nSPS) is 23.9. The number of piperidine rings is 1. The molecule has 4 heterocycles. The Balaban J connectivity index is 1.21. The molecule has 0 bridgehead atoms. The van der Waals surface area contributed by atoms with E-state index in [-0.39, 0.29) is 18.9 Å². The van der Waals surface area contributed by atoms with Crippen molar-refractivity contribution in [2.24, 2.45) is 0 Å². The number of halogens is 1. The van der Waals surface area contributed by atoms with Crippen LogP contribution in [-0.2, 0) is 16.1 Å². The number of fused-ring (bicyclic) bond motifs is 1. The molecule has 1 aromatic carbocycles. The fraction of sp³-hybridized carbons (Fsp3) is 0.520. The van der Waals surface area contributed by atoms with Gasteiger partial charge in [0.15, 0.2) is 0 Å². The summed E-state index contributed by atoms with van der Waals surface area (Å²) in [7, 11) is 0. The van der Waals surface area contributed by atoms with Crippen molar-refractivity contribution in [3.05, 3.63) is 62.9 Å². The van der Waals surface area contributed by atoms with E-state index in [0.717, 1.165) is 27.6 Å². The molecule has 2 atom stereocenters. The Hall–Kier alpha value is -3.31. The number of imidazole rings is 1. The highest BCUT2D eigenvalue weighted by Crippen LogP contribution is 2.43. The van der Waals surface area contributed by atoms with Gasteiger partial charge in [0.25, 0.3) is 5.56 Å². The number of nitrogens with zero attached hydrogens (tertiary/aromatic N) is 4. The van der Waals surface area contributed by atoms with Crippen molar-refractivity contribution in [2.45, 2.75) is 63.3 Å². The molecule has 0 saturated carbocycles. The molecule has 2 saturated heterocycles. The predicted octanol–water partition coefficient (Wildman–Crippen LogP) is 1.50. The number of aromatic nitrogens is 4. The fourth-order valence-corrected chi connectivity index (χ4v) is 5.66. The molecule has 0 unspecified atom stereocenters. The van der Waals surface area contributed by atoms with Crippen LogP contribution in [0.4, 0.5) is 4.39 Å². The lowest BCUT2D eigenvalue weighted by molar-refractivity contribution is -0.198. The van der Waals surface area contributed by atoms with Crippen molar-refractivity contribution in [1.29, 1.82) is 0 Å². The summed E-state index contributed by atoms with van der Waals surface area (Å²) in [5.74, 6) is -0.176. The summed E-state index contributed by atoms with van der Waals surface area (Å²) in [5.41, 5.74) is -2.00. The standard InChI is InChI=1S/C25H30FN5O5/c1-16-27-18-5-3-4-6-19(18)30(16)10-7-21(32)29-11-8-25(9-12-29)15-24(2,35)20(14-36-25)31-13-17(26)22(33)28-23(31)34/h3-6,13,20,35H,7-12,14-15H2,1-2H3,(H,28,33,34)/t20-,24-/m1/s1. The molecule has 2 aliphatic rings. The van der Waals surface area contributed by atoms with Gasteiger partial charge in [-0.2, -0.15) is 4.39 Å². The number of amides is 1. The van der Waals surface area contributed by atoms with E-state index in [0.29, 0.717) is 38.9 Å². The summed E-state index contributed by atoms with van der Waals surface area (Å²) in [6, 6.07) is 7.00. The van der Waals surface area contributed by atoms with Crippen LogP contribution in [0.3, 0.4) is 0 Å². The number of likely N-dealkylation sites (tertiary alicyclic amines) is 1. The molecule has 2 aliphatic heterocycles. The third kappa shape index (κ3) is 4.37. The van der Waals surface area contributed by atoms with Gasteiger partial charge >= 0.3 is 5.69 Å². The van der Waals surface area contributed by atoms with Crippen LogP contribution in [0.5, 0.6) is 0 Å². The van der Waals surface area contributed by atoms with Gasteiger partial charge < -0.3 is 19.3 Å². The minimum absolute atomic E-state index is 0.0146. The molecular weight excluding hydrogens is 469 g/mol. The van der Waals surface area contributed by atoms with Crippen molar-refractivity contribution >= 4 is 16.9 Å². The lowest BCUT2D eigenvalue weighted by atomic mass is 9.75. The summed E-state index contributed by atoms with van der Waals surface area (Å²) >= 11 is 0. The molecule has 11 heteroatoms. The molecular formula is C25H30FN5O5. The summed E-state index contributed by atoms with van der Waals surface area (Å²) in [6.07, 6.45) is 2.48. The predicted molar refractivity (Wildman–Crippen MR) is 129 cm³/mol. The average Bonchev–Trinajstić information content (AvgIpc) is 3.15. The minimum atomic E-state index is -1.38. The van der Waals surface area contributed by atoms with Gasteiger partial charge in [0.2, 0.25) is 11.7 Å². The Morgan fingerprint density at radius 1 is 1.28 bits per heavy atom. The van der Waals surface area contributed by atoms with Gasteiger partial charge in [0.05, 0.1) is 41.1 Å². The third-order valence-corrected chi connectivity index (χ3v) is 7.63. The first-order chi connectivity index (χ1) is 17.1. The number of para-hydroxylation sites is 2. The van der Waals surface area contributed by atoms with Gasteiger partial charge in [0.1, 0.15) is 5.82 Å². The Morgan fingerprint density at radius 3 is 2.72 bits per heavy atom. The number of hydrogen-bond acceptors (Lipinski definition) is 6. The molecule has 0 radical (unpaired) electrons. The van der Waals surface area contributed by atoms with E-state index in [2.05, 4.69) is 9.55 Å². The first-order valence-electron chi connectivity index (χ1n) is 12.2. The summed E-state index contributed by atoms with van der Waals surface area (Å²) in [4.78, 5) is 44.9. The Morgan fingerprint density at radius 2 is 2.00 bits per heavy atom. The molecule has 192 valence electrons. The second-order valence-corrected chi connectivity index (χ2v) is 10.1. The average molecular weight is 500 g/mol. The van der Waals surface area contributed by atoms with Crippen LogP contribution in [0.15, 0.2) is 40.1 Å². The van der Waals surface area contributed by atoms with E-state index < -0.39 is 34.3 Å². The molecule has 5 rings (SSSR count). The van der Waals surface area contributed by atoms with Crippen molar-refractivity contribution in [2.75, 3.05) is 19.7 Å². The van der Waals surface area contributed by atoms with E-state index in [9.17, 15) is 23.9 Å². The van der Waals surface area contributed by atoms with E-state index in [4.69, 9.17) is 4.74 Å². The Labute approximate surface area is 206 Å². The van der Waals surface area contributed by atoms with Gasteiger partial charge in [-0.25, -0.2) is 9.78 Å². The quantitative estimate of drug-likeness (QED) is 0.561. The van der Waals surface area contributed by atoms with Crippen LogP contribution in [0.2, 0.25) is 0 Å². The molecule has 2 fully saturated rings.